The van der Waals surface area contributed by atoms with Crippen LogP contribution in [-0.4, -0.2) is 0 Å². The Morgan fingerprint density at radius 2 is 2.00 bits per heavy atom. The fraction of sp³-hybridized carbons (Fsp3) is 0.154. The van der Waals surface area contributed by atoms with Gasteiger partial charge in [-0.05, 0) is 46.3 Å². The van der Waals surface area contributed by atoms with E-state index in [-0.39, 0.29) is 12.2 Å². The van der Waals surface area contributed by atoms with Crippen LogP contribution in [0.4, 0.5) is 18.9 Å². The molecule has 1 heterocycles. The molecule has 20 heavy (non-hydrogen) atoms. The maximum Gasteiger partial charge on any atom is 0.417 e. The summed E-state index contributed by atoms with van der Waals surface area (Å²) in [5.74, 6) is 0.579. The van der Waals surface area contributed by atoms with E-state index in [2.05, 4.69) is 21.2 Å². The Bertz CT molecular complexity index is 658. The molecule has 0 saturated carbocycles. The van der Waals surface area contributed by atoms with Crippen LogP contribution in [0.15, 0.2) is 39.4 Å². The van der Waals surface area contributed by atoms with E-state index in [1.807, 2.05) is 0 Å². The van der Waals surface area contributed by atoms with E-state index >= 15 is 0 Å². The molecule has 0 saturated heterocycles. The van der Waals surface area contributed by atoms with Crippen molar-refractivity contribution in [3.05, 3.63) is 51.9 Å². The Kier molecular flexibility index (Phi) is 4.04. The van der Waals surface area contributed by atoms with Gasteiger partial charge >= 0.3 is 6.18 Å². The van der Waals surface area contributed by atoms with Gasteiger partial charge in [0.05, 0.1) is 23.7 Å². The standard InChI is InChI=1S/C13H8BrF3N2O/c14-12-4-3-10(20-12)7-19-9-2-1-8(6-18)11(5-9)13(15,16)17/h1-5,19H,7H2. The molecule has 1 aromatic heterocycles. The zero-order chi connectivity index (χ0) is 14.8. The van der Waals surface area contributed by atoms with Crippen LogP contribution in [-0.2, 0) is 12.7 Å². The smallest absolute Gasteiger partial charge is 0.417 e. The van der Waals surface area contributed by atoms with Gasteiger partial charge in [0, 0.05) is 5.69 Å². The first kappa shape index (κ1) is 14.5. The molecule has 104 valence electrons. The summed E-state index contributed by atoms with van der Waals surface area (Å²) in [6.07, 6.45) is -4.56. The maximum atomic E-state index is 12.8. The van der Waals surface area contributed by atoms with Gasteiger partial charge in [0.1, 0.15) is 5.76 Å². The number of nitrogens with zero attached hydrogens (tertiary/aromatic N) is 1. The molecular formula is C13H8BrF3N2O. The Balaban J connectivity index is 2.19. The molecule has 3 nitrogen and oxygen atoms in total. The molecule has 0 bridgehead atoms. The van der Waals surface area contributed by atoms with Gasteiger partial charge in [0.15, 0.2) is 4.67 Å². The van der Waals surface area contributed by atoms with Crippen molar-refractivity contribution in [3.8, 4) is 6.07 Å². The van der Waals surface area contributed by atoms with E-state index in [9.17, 15) is 13.2 Å². The number of rotatable bonds is 3. The quantitative estimate of drug-likeness (QED) is 0.888. The number of benzene rings is 1. The molecule has 1 aromatic carbocycles. The predicted octanol–water partition coefficient (Wildman–Crippen LogP) is 4.54. The highest BCUT2D eigenvalue weighted by atomic mass is 79.9. The first-order valence-corrected chi connectivity index (χ1v) is 6.29. The highest BCUT2D eigenvalue weighted by Crippen LogP contribution is 2.33. The summed E-state index contributed by atoms with van der Waals surface area (Å²) >= 11 is 3.14. The number of anilines is 1. The van der Waals surface area contributed by atoms with Crippen LogP contribution >= 0.6 is 15.9 Å². The van der Waals surface area contributed by atoms with Crippen molar-refractivity contribution in [2.75, 3.05) is 5.32 Å². The maximum absolute atomic E-state index is 12.8. The summed E-state index contributed by atoms with van der Waals surface area (Å²) in [7, 11) is 0. The number of alkyl halides is 3. The largest absolute Gasteiger partial charge is 0.452 e. The van der Waals surface area contributed by atoms with Gasteiger partial charge in [-0.15, -0.1) is 0 Å². The monoisotopic (exact) mass is 344 g/mol. The summed E-state index contributed by atoms with van der Waals surface area (Å²) < 4.78 is 44.1. The SMILES string of the molecule is N#Cc1ccc(NCc2ccc(Br)o2)cc1C(F)(F)F. The average Bonchev–Trinajstić information content (AvgIpc) is 2.81. The second-order valence-corrected chi connectivity index (χ2v) is 4.71. The van der Waals surface area contributed by atoms with Gasteiger partial charge in [-0.1, -0.05) is 0 Å². The molecule has 0 aliphatic heterocycles. The van der Waals surface area contributed by atoms with Gasteiger partial charge < -0.3 is 9.73 Å². The van der Waals surface area contributed by atoms with Gasteiger partial charge in [-0.25, -0.2) is 0 Å². The van der Waals surface area contributed by atoms with E-state index in [0.717, 1.165) is 12.1 Å². The van der Waals surface area contributed by atoms with Crippen LogP contribution in [0.3, 0.4) is 0 Å². The van der Waals surface area contributed by atoms with Crippen LogP contribution in [0.2, 0.25) is 0 Å². The van der Waals surface area contributed by atoms with E-state index in [1.54, 1.807) is 12.1 Å². The third-order valence-corrected chi connectivity index (χ3v) is 2.97. The highest BCUT2D eigenvalue weighted by molar-refractivity contribution is 9.10. The van der Waals surface area contributed by atoms with Crippen LogP contribution in [0.1, 0.15) is 16.9 Å². The molecule has 7 heteroatoms. The second-order valence-electron chi connectivity index (χ2n) is 3.93. The fourth-order valence-corrected chi connectivity index (χ4v) is 1.96. The summed E-state index contributed by atoms with van der Waals surface area (Å²) in [4.78, 5) is 0. The summed E-state index contributed by atoms with van der Waals surface area (Å²) in [6, 6.07) is 8.40. The molecule has 0 aliphatic carbocycles. The minimum Gasteiger partial charge on any atom is -0.452 e. The topological polar surface area (TPSA) is 49.0 Å². The molecule has 0 spiro atoms. The minimum atomic E-state index is -4.56. The van der Waals surface area contributed by atoms with E-state index in [4.69, 9.17) is 9.68 Å². The summed E-state index contributed by atoms with van der Waals surface area (Å²) in [6.45, 7) is 0.245. The molecular weight excluding hydrogens is 337 g/mol. The van der Waals surface area contributed by atoms with Crippen molar-refractivity contribution in [2.45, 2.75) is 12.7 Å². The number of nitriles is 1. The zero-order valence-electron chi connectivity index (χ0n) is 9.96. The van der Waals surface area contributed by atoms with Crippen molar-refractivity contribution in [3.63, 3.8) is 0 Å². The van der Waals surface area contributed by atoms with Gasteiger partial charge in [0.2, 0.25) is 0 Å². The first-order valence-electron chi connectivity index (χ1n) is 5.49. The lowest BCUT2D eigenvalue weighted by Crippen LogP contribution is -2.09. The molecule has 0 amide bonds. The molecule has 0 radical (unpaired) electrons. The normalized spacial score (nSPS) is 11.2. The van der Waals surface area contributed by atoms with Gasteiger partial charge in [-0.3, -0.25) is 0 Å². The first-order chi connectivity index (χ1) is 9.40. The van der Waals surface area contributed by atoms with E-state index in [1.165, 1.54) is 12.1 Å². The lowest BCUT2D eigenvalue weighted by Gasteiger charge is -2.11. The average molecular weight is 345 g/mol. The third-order valence-electron chi connectivity index (χ3n) is 2.54. The second kappa shape index (κ2) is 5.59. The Hall–Kier alpha value is -1.94. The number of nitrogens with one attached hydrogen (secondary N) is 1. The zero-order valence-corrected chi connectivity index (χ0v) is 11.5. The summed E-state index contributed by atoms with van der Waals surface area (Å²) in [5, 5.41) is 11.5. The number of hydrogen-bond donors (Lipinski definition) is 1. The predicted molar refractivity (Wildman–Crippen MR) is 69.9 cm³/mol. The minimum absolute atomic E-state index is 0.245. The molecule has 0 fully saturated rings. The van der Waals surface area contributed by atoms with Crippen LogP contribution in [0.5, 0.6) is 0 Å². The summed E-state index contributed by atoms with van der Waals surface area (Å²) in [5.41, 5.74) is -1.08. The lowest BCUT2D eigenvalue weighted by molar-refractivity contribution is -0.137. The number of halogens is 4. The highest BCUT2D eigenvalue weighted by Gasteiger charge is 2.33. The van der Waals surface area contributed by atoms with Crippen molar-refractivity contribution in [1.29, 1.82) is 5.26 Å². The Morgan fingerprint density at radius 1 is 1.25 bits per heavy atom. The lowest BCUT2D eigenvalue weighted by atomic mass is 10.1. The van der Waals surface area contributed by atoms with E-state index in [0.29, 0.717) is 10.4 Å². The van der Waals surface area contributed by atoms with Crippen molar-refractivity contribution in [1.82, 2.24) is 0 Å². The molecule has 0 unspecified atom stereocenters. The van der Waals surface area contributed by atoms with Crippen LogP contribution < -0.4 is 5.32 Å². The third kappa shape index (κ3) is 3.33. The molecule has 2 rings (SSSR count). The van der Waals surface area contributed by atoms with Crippen LogP contribution in [0.25, 0.3) is 0 Å². The Morgan fingerprint density at radius 3 is 2.55 bits per heavy atom. The number of hydrogen-bond acceptors (Lipinski definition) is 3. The molecule has 2 aromatic rings. The molecule has 0 aliphatic rings. The van der Waals surface area contributed by atoms with Gasteiger partial charge in [-0.2, -0.15) is 18.4 Å². The van der Waals surface area contributed by atoms with Crippen molar-refractivity contribution in [2.24, 2.45) is 0 Å². The van der Waals surface area contributed by atoms with Gasteiger partial charge in [0.25, 0.3) is 0 Å². The van der Waals surface area contributed by atoms with E-state index < -0.39 is 17.3 Å². The Labute approximate surface area is 121 Å². The fourth-order valence-electron chi connectivity index (χ4n) is 1.62. The molecule has 0 atom stereocenters. The molecule has 1 N–H and O–H groups in total. The van der Waals surface area contributed by atoms with Crippen LogP contribution in [0, 0.1) is 11.3 Å². The number of furan rings is 1. The van der Waals surface area contributed by atoms with Crippen molar-refractivity contribution < 1.29 is 17.6 Å². The van der Waals surface area contributed by atoms with Crippen molar-refractivity contribution >= 4 is 21.6 Å².